The van der Waals surface area contributed by atoms with Gasteiger partial charge in [-0.3, -0.25) is 0 Å². The fourth-order valence-corrected chi connectivity index (χ4v) is 3.89. The van der Waals surface area contributed by atoms with E-state index in [1.165, 1.54) is 28.3 Å². The highest BCUT2D eigenvalue weighted by atomic mass is 79.9. The minimum atomic E-state index is -0.222. The standard InChI is InChI=1S/C12H8BrFN2S2/c13-11-4-2-8(17-11)6-15-12-16-9-3-1-7(14)5-10(9)18-12/h1-5H,6H2,(H,15,16). The van der Waals surface area contributed by atoms with E-state index in [1.807, 2.05) is 6.07 Å². The largest absolute Gasteiger partial charge is 0.357 e. The number of halogens is 2. The molecule has 2 heterocycles. The molecule has 0 saturated carbocycles. The monoisotopic (exact) mass is 342 g/mol. The van der Waals surface area contributed by atoms with Crippen molar-refractivity contribution in [2.45, 2.75) is 6.54 Å². The second kappa shape index (κ2) is 4.95. The molecule has 6 heteroatoms. The van der Waals surface area contributed by atoms with Crippen LogP contribution >= 0.6 is 38.6 Å². The first-order chi connectivity index (χ1) is 8.70. The van der Waals surface area contributed by atoms with Gasteiger partial charge in [-0.25, -0.2) is 9.37 Å². The Balaban J connectivity index is 1.78. The van der Waals surface area contributed by atoms with Crippen molar-refractivity contribution in [2.75, 3.05) is 5.32 Å². The van der Waals surface area contributed by atoms with Gasteiger partial charge in [0.25, 0.3) is 0 Å². The van der Waals surface area contributed by atoms with E-state index in [2.05, 4.69) is 32.3 Å². The molecule has 0 atom stereocenters. The molecule has 2 nitrogen and oxygen atoms in total. The average Bonchev–Trinajstić information content (AvgIpc) is 2.92. The van der Waals surface area contributed by atoms with Crippen LogP contribution in [0.15, 0.2) is 34.1 Å². The number of thiazole rings is 1. The molecule has 0 spiro atoms. The fourth-order valence-electron chi connectivity index (χ4n) is 1.58. The van der Waals surface area contributed by atoms with Crippen molar-refractivity contribution in [3.05, 3.63) is 44.8 Å². The Morgan fingerprint density at radius 1 is 1.22 bits per heavy atom. The lowest BCUT2D eigenvalue weighted by molar-refractivity contribution is 0.630. The molecule has 0 bridgehead atoms. The third kappa shape index (κ3) is 2.55. The minimum absolute atomic E-state index is 0.222. The summed E-state index contributed by atoms with van der Waals surface area (Å²) in [6, 6.07) is 8.74. The molecule has 0 radical (unpaired) electrons. The molecular weight excluding hydrogens is 335 g/mol. The second-order valence-corrected chi connectivity index (χ2v) is 7.27. The topological polar surface area (TPSA) is 24.9 Å². The Morgan fingerprint density at radius 3 is 2.89 bits per heavy atom. The molecule has 92 valence electrons. The first-order valence-corrected chi connectivity index (χ1v) is 7.67. The molecule has 0 saturated heterocycles. The van der Waals surface area contributed by atoms with Crippen LogP contribution in [-0.2, 0) is 6.54 Å². The highest BCUT2D eigenvalue weighted by Crippen LogP contribution is 2.28. The molecule has 1 N–H and O–H groups in total. The summed E-state index contributed by atoms with van der Waals surface area (Å²) >= 11 is 6.59. The van der Waals surface area contributed by atoms with Gasteiger partial charge in [-0.05, 0) is 46.3 Å². The Hall–Kier alpha value is -0.980. The lowest BCUT2D eigenvalue weighted by Crippen LogP contribution is -1.95. The van der Waals surface area contributed by atoms with E-state index in [-0.39, 0.29) is 5.82 Å². The summed E-state index contributed by atoms with van der Waals surface area (Å²) in [5, 5.41) is 4.08. The van der Waals surface area contributed by atoms with E-state index >= 15 is 0 Å². The van der Waals surface area contributed by atoms with Crippen LogP contribution in [-0.4, -0.2) is 4.98 Å². The Labute approximate surface area is 120 Å². The van der Waals surface area contributed by atoms with Crippen molar-refractivity contribution in [2.24, 2.45) is 0 Å². The van der Waals surface area contributed by atoms with Crippen LogP contribution in [0, 0.1) is 5.82 Å². The molecule has 0 aliphatic rings. The van der Waals surface area contributed by atoms with Crippen LogP contribution in [0.1, 0.15) is 4.88 Å². The lowest BCUT2D eigenvalue weighted by Gasteiger charge is -1.98. The van der Waals surface area contributed by atoms with Crippen LogP contribution in [0.25, 0.3) is 10.2 Å². The lowest BCUT2D eigenvalue weighted by atomic mass is 10.3. The van der Waals surface area contributed by atoms with Crippen LogP contribution in [0.2, 0.25) is 0 Å². The fraction of sp³-hybridized carbons (Fsp3) is 0.0833. The molecule has 3 rings (SSSR count). The minimum Gasteiger partial charge on any atom is -0.357 e. The molecule has 0 aliphatic heterocycles. The van der Waals surface area contributed by atoms with Crippen molar-refractivity contribution in [1.29, 1.82) is 0 Å². The SMILES string of the molecule is Fc1ccc2nc(NCc3ccc(Br)s3)sc2c1. The molecule has 2 aromatic heterocycles. The molecule has 1 aromatic carbocycles. The predicted octanol–water partition coefficient (Wildman–Crippen LogP) is 4.87. The number of rotatable bonds is 3. The van der Waals surface area contributed by atoms with Crippen LogP contribution in [0.5, 0.6) is 0 Å². The second-order valence-electron chi connectivity index (χ2n) is 3.69. The number of anilines is 1. The Morgan fingerprint density at radius 2 is 2.11 bits per heavy atom. The number of hydrogen-bond donors (Lipinski definition) is 1. The van der Waals surface area contributed by atoms with E-state index in [0.717, 1.165) is 25.7 Å². The first kappa shape index (κ1) is 12.1. The number of hydrogen-bond acceptors (Lipinski definition) is 4. The quantitative estimate of drug-likeness (QED) is 0.734. The van der Waals surface area contributed by atoms with E-state index in [1.54, 1.807) is 17.4 Å². The summed E-state index contributed by atoms with van der Waals surface area (Å²) in [5.41, 5.74) is 0.830. The van der Waals surface area contributed by atoms with E-state index < -0.39 is 0 Å². The van der Waals surface area contributed by atoms with Gasteiger partial charge in [0.05, 0.1) is 20.5 Å². The summed E-state index contributed by atoms with van der Waals surface area (Å²) in [7, 11) is 0. The number of fused-ring (bicyclic) bond motifs is 1. The maximum absolute atomic E-state index is 13.1. The third-order valence-electron chi connectivity index (χ3n) is 2.39. The number of aromatic nitrogens is 1. The Bertz CT molecular complexity index is 692. The van der Waals surface area contributed by atoms with Crippen LogP contribution in [0.4, 0.5) is 9.52 Å². The van der Waals surface area contributed by atoms with Gasteiger partial charge in [0.2, 0.25) is 0 Å². The number of benzene rings is 1. The van der Waals surface area contributed by atoms with Crippen molar-refractivity contribution in [1.82, 2.24) is 4.98 Å². The highest BCUT2D eigenvalue weighted by Gasteiger charge is 2.05. The van der Waals surface area contributed by atoms with Crippen molar-refractivity contribution in [3.63, 3.8) is 0 Å². The van der Waals surface area contributed by atoms with Crippen LogP contribution in [0.3, 0.4) is 0 Å². The van der Waals surface area contributed by atoms with Gasteiger partial charge < -0.3 is 5.32 Å². The van der Waals surface area contributed by atoms with Gasteiger partial charge in [0, 0.05) is 4.88 Å². The van der Waals surface area contributed by atoms with Crippen LogP contribution < -0.4 is 5.32 Å². The number of nitrogens with zero attached hydrogens (tertiary/aromatic N) is 1. The zero-order valence-corrected chi connectivity index (χ0v) is 12.3. The van der Waals surface area contributed by atoms with Crippen molar-refractivity contribution < 1.29 is 4.39 Å². The van der Waals surface area contributed by atoms with Gasteiger partial charge in [-0.1, -0.05) is 11.3 Å². The molecule has 0 aliphatic carbocycles. The molecule has 0 fully saturated rings. The Kier molecular flexibility index (Phi) is 3.32. The van der Waals surface area contributed by atoms with Gasteiger partial charge in [0.15, 0.2) is 5.13 Å². The van der Waals surface area contributed by atoms with E-state index in [4.69, 9.17) is 0 Å². The number of thiophene rings is 1. The van der Waals surface area contributed by atoms with Gasteiger partial charge in [0.1, 0.15) is 5.82 Å². The number of nitrogens with one attached hydrogen (secondary N) is 1. The van der Waals surface area contributed by atoms with Crippen molar-refractivity contribution in [3.8, 4) is 0 Å². The average molecular weight is 343 g/mol. The summed E-state index contributed by atoms with van der Waals surface area (Å²) in [4.78, 5) is 5.64. The molecular formula is C12H8BrFN2S2. The maximum atomic E-state index is 13.1. The summed E-state index contributed by atoms with van der Waals surface area (Å²) in [6.07, 6.45) is 0. The summed E-state index contributed by atoms with van der Waals surface area (Å²) < 4.78 is 15.0. The molecule has 3 aromatic rings. The summed E-state index contributed by atoms with van der Waals surface area (Å²) in [6.45, 7) is 0.735. The normalized spacial score (nSPS) is 11.0. The van der Waals surface area contributed by atoms with Gasteiger partial charge in [-0.2, -0.15) is 0 Å². The zero-order chi connectivity index (χ0) is 12.5. The smallest absolute Gasteiger partial charge is 0.184 e. The van der Waals surface area contributed by atoms with Crippen molar-refractivity contribution >= 4 is 54.0 Å². The maximum Gasteiger partial charge on any atom is 0.184 e. The molecule has 18 heavy (non-hydrogen) atoms. The molecule has 0 unspecified atom stereocenters. The zero-order valence-electron chi connectivity index (χ0n) is 9.11. The predicted molar refractivity (Wildman–Crippen MR) is 78.9 cm³/mol. The first-order valence-electron chi connectivity index (χ1n) is 5.25. The summed E-state index contributed by atoms with van der Waals surface area (Å²) in [5.74, 6) is -0.222. The van der Waals surface area contributed by atoms with Gasteiger partial charge in [-0.15, -0.1) is 11.3 Å². The molecule has 0 amide bonds. The third-order valence-corrected chi connectivity index (χ3v) is 4.99. The van der Waals surface area contributed by atoms with E-state index in [0.29, 0.717) is 0 Å². The van der Waals surface area contributed by atoms with Gasteiger partial charge >= 0.3 is 0 Å². The van der Waals surface area contributed by atoms with E-state index in [9.17, 15) is 4.39 Å². The highest BCUT2D eigenvalue weighted by molar-refractivity contribution is 9.11.